The maximum Gasteiger partial charge on any atom is 0.410 e. The largest absolute Gasteiger partial charge is 0.494 e. The van der Waals surface area contributed by atoms with Crippen molar-refractivity contribution < 1.29 is 14.3 Å². The number of hydrogen-bond donors (Lipinski definition) is 0. The molecule has 0 aliphatic carbocycles. The Balaban J connectivity index is 2.23. The third-order valence-electron chi connectivity index (χ3n) is 2.43. The first kappa shape index (κ1) is 16.8. The van der Waals surface area contributed by atoms with E-state index in [1.165, 1.54) is 0 Å². The maximum atomic E-state index is 11.7. The van der Waals surface area contributed by atoms with Crippen molar-refractivity contribution in [1.29, 1.82) is 0 Å². The summed E-state index contributed by atoms with van der Waals surface area (Å²) in [5.41, 5.74) is -0.459. The average molecular weight is 344 g/mol. The first-order chi connectivity index (χ1) is 9.28. The van der Waals surface area contributed by atoms with Gasteiger partial charge >= 0.3 is 6.09 Å². The predicted molar refractivity (Wildman–Crippen MR) is 83.1 cm³/mol. The minimum Gasteiger partial charge on any atom is -0.494 e. The van der Waals surface area contributed by atoms with Crippen molar-refractivity contribution in [3.63, 3.8) is 0 Å². The summed E-state index contributed by atoms with van der Waals surface area (Å²) in [5, 5.41) is 0. The molecule has 0 aliphatic heterocycles. The molecule has 0 spiro atoms. The molecule has 1 rings (SSSR count). The van der Waals surface area contributed by atoms with E-state index in [4.69, 9.17) is 9.47 Å². The Hall–Kier alpha value is -1.23. The van der Waals surface area contributed by atoms with Crippen molar-refractivity contribution in [2.24, 2.45) is 0 Å². The minimum absolute atomic E-state index is 0.304. The number of rotatable bonds is 5. The first-order valence-corrected chi connectivity index (χ1v) is 7.40. The lowest BCUT2D eigenvalue weighted by atomic mass is 10.2. The number of nitrogens with zero attached hydrogens (tertiary/aromatic N) is 1. The van der Waals surface area contributed by atoms with E-state index < -0.39 is 5.60 Å². The zero-order valence-corrected chi connectivity index (χ0v) is 14.1. The topological polar surface area (TPSA) is 38.8 Å². The van der Waals surface area contributed by atoms with E-state index in [-0.39, 0.29) is 6.09 Å². The van der Waals surface area contributed by atoms with E-state index in [2.05, 4.69) is 15.9 Å². The maximum absolute atomic E-state index is 11.7. The van der Waals surface area contributed by atoms with Gasteiger partial charge in [0.1, 0.15) is 11.4 Å². The first-order valence-electron chi connectivity index (χ1n) is 6.60. The zero-order chi connectivity index (χ0) is 15.2. The molecular weight excluding hydrogens is 322 g/mol. The van der Waals surface area contributed by atoms with Crippen LogP contribution in [-0.4, -0.2) is 36.8 Å². The summed E-state index contributed by atoms with van der Waals surface area (Å²) in [6, 6.07) is 7.67. The van der Waals surface area contributed by atoms with Crippen molar-refractivity contribution >= 4 is 22.0 Å². The lowest BCUT2D eigenvalue weighted by molar-refractivity contribution is 0.0292. The van der Waals surface area contributed by atoms with Gasteiger partial charge in [-0.2, -0.15) is 0 Å². The molecule has 1 aromatic rings. The van der Waals surface area contributed by atoms with Crippen LogP contribution in [0.25, 0.3) is 0 Å². The fourth-order valence-electron chi connectivity index (χ4n) is 1.45. The second kappa shape index (κ2) is 7.53. The van der Waals surface area contributed by atoms with Crippen LogP contribution in [0, 0.1) is 0 Å². The molecule has 0 saturated carbocycles. The number of carbonyl (C=O) groups excluding carboxylic acids is 1. The standard InChI is InChI=1S/C15H22BrNO3/c1-15(2,3)20-14(18)17(4)10-5-11-19-13-8-6-12(16)7-9-13/h6-9H,5,10-11H2,1-4H3. The third-order valence-corrected chi connectivity index (χ3v) is 2.95. The number of carbonyl (C=O) groups is 1. The van der Waals surface area contributed by atoms with E-state index in [0.29, 0.717) is 13.2 Å². The monoisotopic (exact) mass is 343 g/mol. The molecule has 0 N–H and O–H groups in total. The zero-order valence-electron chi connectivity index (χ0n) is 12.5. The summed E-state index contributed by atoms with van der Waals surface area (Å²) in [7, 11) is 1.73. The van der Waals surface area contributed by atoms with Gasteiger partial charge in [-0.05, 0) is 51.5 Å². The summed E-state index contributed by atoms with van der Waals surface area (Å²) in [4.78, 5) is 13.3. The van der Waals surface area contributed by atoms with E-state index in [1.807, 2.05) is 45.0 Å². The highest BCUT2D eigenvalue weighted by atomic mass is 79.9. The fraction of sp³-hybridized carbons (Fsp3) is 0.533. The Morgan fingerprint density at radius 2 is 1.85 bits per heavy atom. The molecule has 0 fully saturated rings. The lowest BCUT2D eigenvalue weighted by Crippen LogP contribution is -2.35. The number of hydrogen-bond acceptors (Lipinski definition) is 3. The van der Waals surface area contributed by atoms with Crippen LogP contribution in [0.2, 0.25) is 0 Å². The fourth-order valence-corrected chi connectivity index (χ4v) is 1.72. The van der Waals surface area contributed by atoms with Crippen LogP contribution in [-0.2, 0) is 4.74 Å². The summed E-state index contributed by atoms with van der Waals surface area (Å²) < 4.78 is 11.9. The second-order valence-corrected chi connectivity index (χ2v) is 6.47. The van der Waals surface area contributed by atoms with Crippen LogP contribution in [0.4, 0.5) is 4.79 Å². The summed E-state index contributed by atoms with van der Waals surface area (Å²) >= 11 is 3.37. The van der Waals surface area contributed by atoms with Gasteiger partial charge in [-0.15, -0.1) is 0 Å². The van der Waals surface area contributed by atoms with Crippen molar-refractivity contribution in [2.75, 3.05) is 20.2 Å². The van der Waals surface area contributed by atoms with Crippen LogP contribution in [0.3, 0.4) is 0 Å². The van der Waals surface area contributed by atoms with Crippen molar-refractivity contribution in [1.82, 2.24) is 4.90 Å². The van der Waals surface area contributed by atoms with Crippen molar-refractivity contribution in [2.45, 2.75) is 32.8 Å². The van der Waals surface area contributed by atoms with Gasteiger partial charge < -0.3 is 14.4 Å². The molecule has 1 amide bonds. The normalized spacial score (nSPS) is 11.1. The van der Waals surface area contributed by atoms with Gasteiger partial charge in [-0.3, -0.25) is 0 Å². The SMILES string of the molecule is CN(CCCOc1ccc(Br)cc1)C(=O)OC(C)(C)C. The summed E-state index contributed by atoms with van der Waals surface area (Å²) in [6.45, 7) is 6.74. The molecule has 4 nitrogen and oxygen atoms in total. The highest BCUT2D eigenvalue weighted by Crippen LogP contribution is 2.16. The van der Waals surface area contributed by atoms with E-state index in [0.717, 1.165) is 16.6 Å². The van der Waals surface area contributed by atoms with E-state index >= 15 is 0 Å². The Kier molecular flexibility index (Phi) is 6.33. The second-order valence-electron chi connectivity index (χ2n) is 5.56. The Morgan fingerprint density at radius 1 is 1.25 bits per heavy atom. The molecule has 0 radical (unpaired) electrons. The molecule has 112 valence electrons. The van der Waals surface area contributed by atoms with Gasteiger partial charge in [0.2, 0.25) is 0 Å². The van der Waals surface area contributed by atoms with Gasteiger partial charge in [-0.25, -0.2) is 4.79 Å². The van der Waals surface area contributed by atoms with Crippen molar-refractivity contribution in [3.05, 3.63) is 28.7 Å². The molecule has 0 unspecified atom stereocenters. The molecule has 0 atom stereocenters. The molecular formula is C15H22BrNO3. The van der Waals surface area contributed by atoms with E-state index in [1.54, 1.807) is 11.9 Å². The van der Waals surface area contributed by atoms with Gasteiger partial charge in [0.25, 0.3) is 0 Å². The quantitative estimate of drug-likeness (QED) is 0.756. The third kappa shape index (κ3) is 6.80. The molecule has 0 heterocycles. The predicted octanol–water partition coefficient (Wildman–Crippen LogP) is 4.08. The highest BCUT2D eigenvalue weighted by Gasteiger charge is 2.19. The molecule has 0 saturated heterocycles. The van der Waals surface area contributed by atoms with Gasteiger partial charge in [0.15, 0.2) is 0 Å². The average Bonchev–Trinajstić information content (AvgIpc) is 2.34. The summed E-state index contributed by atoms with van der Waals surface area (Å²) in [6.07, 6.45) is 0.451. The number of ether oxygens (including phenoxy) is 2. The number of benzene rings is 1. The molecule has 0 bridgehead atoms. The Bertz CT molecular complexity index is 426. The molecule has 5 heteroatoms. The summed E-state index contributed by atoms with van der Waals surface area (Å²) in [5.74, 6) is 0.827. The van der Waals surface area contributed by atoms with E-state index in [9.17, 15) is 4.79 Å². The lowest BCUT2D eigenvalue weighted by Gasteiger charge is -2.24. The van der Waals surface area contributed by atoms with Crippen LogP contribution < -0.4 is 4.74 Å². The number of amides is 1. The van der Waals surface area contributed by atoms with Gasteiger partial charge in [-0.1, -0.05) is 15.9 Å². The smallest absolute Gasteiger partial charge is 0.410 e. The van der Waals surface area contributed by atoms with Crippen LogP contribution in [0.1, 0.15) is 27.2 Å². The van der Waals surface area contributed by atoms with Crippen LogP contribution >= 0.6 is 15.9 Å². The van der Waals surface area contributed by atoms with Crippen LogP contribution in [0.5, 0.6) is 5.75 Å². The highest BCUT2D eigenvalue weighted by molar-refractivity contribution is 9.10. The minimum atomic E-state index is -0.459. The van der Waals surface area contributed by atoms with Crippen molar-refractivity contribution in [3.8, 4) is 5.75 Å². The Morgan fingerprint density at radius 3 is 2.40 bits per heavy atom. The van der Waals surface area contributed by atoms with Crippen LogP contribution in [0.15, 0.2) is 28.7 Å². The molecule has 20 heavy (non-hydrogen) atoms. The Labute approximate surface area is 129 Å². The molecule has 0 aliphatic rings. The van der Waals surface area contributed by atoms with Gasteiger partial charge in [0, 0.05) is 18.1 Å². The molecule has 1 aromatic carbocycles. The molecule has 0 aromatic heterocycles. The number of halogens is 1. The van der Waals surface area contributed by atoms with Gasteiger partial charge in [0.05, 0.1) is 6.61 Å².